The highest BCUT2D eigenvalue weighted by atomic mass is 15.0. The number of nitrogens with one attached hydrogen (secondary N) is 1. The fourth-order valence-corrected chi connectivity index (χ4v) is 3.60. The van der Waals surface area contributed by atoms with Crippen LogP contribution < -0.4 is 5.32 Å². The van der Waals surface area contributed by atoms with Gasteiger partial charge in [-0.2, -0.15) is 0 Å². The molecule has 1 N–H and O–H groups in total. The first-order chi connectivity index (χ1) is 9.17. The van der Waals surface area contributed by atoms with Crippen molar-refractivity contribution in [1.82, 2.24) is 5.32 Å². The molecule has 0 heterocycles. The van der Waals surface area contributed by atoms with Crippen molar-refractivity contribution in [2.45, 2.75) is 64.5 Å². The molecule has 3 rings (SSSR count). The summed E-state index contributed by atoms with van der Waals surface area (Å²) in [6.07, 6.45) is 8.42. The third kappa shape index (κ3) is 3.02. The van der Waals surface area contributed by atoms with E-state index < -0.39 is 0 Å². The van der Waals surface area contributed by atoms with Crippen LogP contribution >= 0.6 is 0 Å². The Morgan fingerprint density at radius 2 is 1.68 bits per heavy atom. The van der Waals surface area contributed by atoms with Gasteiger partial charge in [-0.3, -0.25) is 0 Å². The maximum absolute atomic E-state index is 3.97. The highest BCUT2D eigenvalue weighted by Gasteiger charge is 2.47. The molecule has 2 aliphatic rings. The summed E-state index contributed by atoms with van der Waals surface area (Å²) in [5, 5.41) is 3.97. The predicted molar refractivity (Wildman–Crippen MR) is 81.1 cm³/mol. The van der Waals surface area contributed by atoms with E-state index in [9.17, 15) is 0 Å². The molecule has 0 aromatic heterocycles. The zero-order valence-electron chi connectivity index (χ0n) is 12.4. The molecule has 0 amide bonds. The average molecular weight is 257 g/mol. The summed E-state index contributed by atoms with van der Waals surface area (Å²) >= 11 is 0. The van der Waals surface area contributed by atoms with Crippen molar-refractivity contribution in [2.24, 2.45) is 11.3 Å². The first-order valence-electron chi connectivity index (χ1n) is 7.98. The van der Waals surface area contributed by atoms with Crippen molar-refractivity contribution in [3.05, 3.63) is 35.9 Å². The van der Waals surface area contributed by atoms with Crippen molar-refractivity contribution in [3.63, 3.8) is 0 Å². The van der Waals surface area contributed by atoms with Crippen LogP contribution in [0, 0.1) is 11.3 Å². The summed E-state index contributed by atoms with van der Waals surface area (Å²) in [5.41, 5.74) is 2.01. The molecule has 1 heteroatoms. The van der Waals surface area contributed by atoms with Crippen molar-refractivity contribution >= 4 is 0 Å². The Morgan fingerprint density at radius 3 is 2.26 bits per heavy atom. The van der Waals surface area contributed by atoms with Gasteiger partial charge in [0.05, 0.1) is 0 Å². The molecule has 2 atom stereocenters. The minimum absolute atomic E-state index is 0.516. The van der Waals surface area contributed by atoms with Crippen molar-refractivity contribution in [3.8, 4) is 0 Å². The zero-order chi connectivity index (χ0) is 13.3. The molecule has 0 aliphatic heterocycles. The Balaban J connectivity index is 1.75. The van der Waals surface area contributed by atoms with E-state index in [-0.39, 0.29) is 0 Å². The monoisotopic (exact) mass is 257 g/mol. The van der Waals surface area contributed by atoms with Gasteiger partial charge in [-0.1, -0.05) is 63.4 Å². The lowest BCUT2D eigenvalue weighted by Gasteiger charge is -2.32. The van der Waals surface area contributed by atoms with Crippen molar-refractivity contribution in [1.29, 1.82) is 0 Å². The first kappa shape index (κ1) is 13.2. The topological polar surface area (TPSA) is 12.0 Å². The Morgan fingerprint density at radius 1 is 1.05 bits per heavy atom. The summed E-state index contributed by atoms with van der Waals surface area (Å²) in [4.78, 5) is 0. The molecule has 0 bridgehead atoms. The third-order valence-electron chi connectivity index (χ3n) is 5.17. The number of hydrogen-bond acceptors (Lipinski definition) is 1. The zero-order valence-corrected chi connectivity index (χ0v) is 12.4. The first-order valence-corrected chi connectivity index (χ1v) is 7.98. The molecule has 2 aliphatic carbocycles. The largest absolute Gasteiger partial charge is 0.306 e. The molecule has 2 saturated carbocycles. The van der Waals surface area contributed by atoms with Gasteiger partial charge >= 0.3 is 0 Å². The van der Waals surface area contributed by atoms with E-state index in [1.54, 1.807) is 0 Å². The molecule has 2 unspecified atom stereocenters. The molecule has 0 radical (unpaired) electrons. The Bertz CT molecular complexity index is 403. The van der Waals surface area contributed by atoms with Crippen molar-refractivity contribution < 1.29 is 0 Å². The summed E-state index contributed by atoms with van der Waals surface area (Å²) in [5.74, 6) is 0.840. The second-order valence-electron chi connectivity index (χ2n) is 7.20. The number of rotatable bonds is 4. The summed E-state index contributed by atoms with van der Waals surface area (Å²) in [7, 11) is 0. The Hall–Kier alpha value is -0.820. The van der Waals surface area contributed by atoms with E-state index in [0.717, 1.165) is 12.0 Å². The highest BCUT2D eigenvalue weighted by molar-refractivity contribution is 5.21. The van der Waals surface area contributed by atoms with Gasteiger partial charge in [-0.25, -0.2) is 0 Å². The number of hydrogen-bond donors (Lipinski definition) is 1. The van der Waals surface area contributed by atoms with Crippen molar-refractivity contribution in [2.75, 3.05) is 0 Å². The van der Waals surface area contributed by atoms with Gasteiger partial charge in [0.1, 0.15) is 0 Å². The molecule has 1 nitrogen and oxygen atoms in total. The molecule has 1 aromatic rings. The molecular formula is C18H27N. The van der Waals surface area contributed by atoms with Crippen LogP contribution in [0.5, 0.6) is 0 Å². The van der Waals surface area contributed by atoms with Gasteiger partial charge < -0.3 is 5.32 Å². The molecule has 0 spiro atoms. The minimum Gasteiger partial charge on any atom is -0.306 e. The van der Waals surface area contributed by atoms with E-state index in [4.69, 9.17) is 0 Å². The van der Waals surface area contributed by atoms with Gasteiger partial charge in [-0.15, -0.1) is 0 Å². The van der Waals surface area contributed by atoms with Gasteiger partial charge in [0.15, 0.2) is 0 Å². The van der Waals surface area contributed by atoms with Crippen LogP contribution in [0.25, 0.3) is 0 Å². The molecule has 19 heavy (non-hydrogen) atoms. The molecule has 2 fully saturated rings. The minimum atomic E-state index is 0.516. The lowest BCUT2D eigenvalue weighted by atomic mass is 9.81. The number of benzene rings is 1. The van der Waals surface area contributed by atoms with Crippen LogP contribution in [0.1, 0.15) is 64.0 Å². The molecule has 1 aromatic carbocycles. The van der Waals surface area contributed by atoms with Crippen LogP contribution in [-0.2, 0) is 0 Å². The molecule has 104 valence electrons. The fourth-order valence-electron chi connectivity index (χ4n) is 3.60. The van der Waals surface area contributed by atoms with Crippen LogP contribution in [0.15, 0.2) is 30.3 Å². The van der Waals surface area contributed by atoms with Crippen LogP contribution in [-0.4, -0.2) is 6.04 Å². The smallest absolute Gasteiger partial charge is 0.0351 e. The normalized spacial score (nSPS) is 28.0. The average Bonchev–Trinajstić information content (AvgIpc) is 3.05. The van der Waals surface area contributed by atoms with Gasteiger partial charge in [0.2, 0.25) is 0 Å². The SMILES string of the molecule is CC1(C)CC1NC(c1ccccc1)C1CCCCC1. The van der Waals surface area contributed by atoms with Crippen LogP contribution in [0.4, 0.5) is 0 Å². The molecular weight excluding hydrogens is 230 g/mol. The molecule has 0 saturated heterocycles. The highest BCUT2D eigenvalue weighted by Crippen LogP contribution is 2.47. The van der Waals surface area contributed by atoms with E-state index >= 15 is 0 Å². The quantitative estimate of drug-likeness (QED) is 0.824. The van der Waals surface area contributed by atoms with E-state index in [1.165, 1.54) is 44.1 Å². The Labute approximate surface area is 117 Å². The van der Waals surface area contributed by atoms with E-state index in [2.05, 4.69) is 49.5 Å². The lowest BCUT2D eigenvalue weighted by molar-refractivity contribution is 0.263. The summed E-state index contributed by atoms with van der Waals surface area (Å²) in [6.45, 7) is 4.77. The fraction of sp³-hybridized carbons (Fsp3) is 0.667. The Kier molecular flexibility index (Phi) is 3.66. The second kappa shape index (κ2) is 5.28. The third-order valence-corrected chi connectivity index (χ3v) is 5.17. The summed E-state index contributed by atoms with van der Waals surface area (Å²) in [6, 6.07) is 12.4. The van der Waals surface area contributed by atoms with E-state index in [0.29, 0.717) is 11.5 Å². The standard InChI is InChI=1S/C18H27N/c1-18(2)13-16(18)19-17(14-9-5-3-6-10-14)15-11-7-4-8-12-15/h3,5-6,9-10,15-17,19H,4,7-8,11-13H2,1-2H3. The van der Waals surface area contributed by atoms with Gasteiger partial charge in [0.25, 0.3) is 0 Å². The van der Waals surface area contributed by atoms with Crippen LogP contribution in [0.3, 0.4) is 0 Å². The van der Waals surface area contributed by atoms with E-state index in [1.807, 2.05) is 0 Å². The lowest BCUT2D eigenvalue weighted by Crippen LogP contribution is -2.33. The maximum atomic E-state index is 3.97. The van der Waals surface area contributed by atoms with Crippen LogP contribution in [0.2, 0.25) is 0 Å². The maximum Gasteiger partial charge on any atom is 0.0351 e. The van der Waals surface area contributed by atoms with Gasteiger partial charge in [-0.05, 0) is 36.2 Å². The van der Waals surface area contributed by atoms with Gasteiger partial charge in [0, 0.05) is 12.1 Å². The summed E-state index contributed by atoms with van der Waals surface area (Å²) < 4.78 is 0. The predicted octanol–water partition coefficient (Wildman–Crippen LogP) is 4.70. The second-order valence-corrected chi connectivity index (χ2v) is 7.20.